The van der Waals surface area contributed by atoms with E-state index in [1.54, 1.807) is 0 Å². The van der Waals surface area contributed by atoms with Crippen LogP contribution in [0.3, 0.4) is 0 Å². The number of aromatic nitrogens is 2. The molecular weight excluding hydrogens is 248 g/mol. The van der Waals surface area contributed by atoms with Gasteiger partial charge in [0.15, 0.2) is 0 Å². The van der Waals surface area contributed by atoms with Crippen molar-refractivity contribution >= 4 is 11.0 Å². The van der Waals surface area contributed by atoms with Gasteiger partial charge in [0.25, 0.3) is 0 Å². The van der Waals surface area contributed by atoms with Crippen molar-refractivity contribution in [3.8, 4) is 5.88 Å². The van der Waals surface area contributed by atoms with E-state index in [-0.39, 0.29) is 0 Å². The third kappa shape index (κ3) is 2.62. The van der Waals surface area contributed by atoms with Crippen LogP contribution in [0.2, 0.25) is 0 Å². The van der Waals surface area contributed by atoms with Crippen molar-refractivity contribution in [2.24, 2.45) is 0 Å². The first-order valence-electron chi connectivity index (χ1n) is 6.64. The number of benzene rings is 2. The normalized spacial score (nSPS) is 10.7. The largest absolute Gasteiger partial charge is 0.471 e. The van der Waals surface area contributed by atoms with E-state index in [9.17, 15) is 0 Å². The maximum absolute atomic E-state index is 5.79. The van der Waals surface area contributed by atoms with E-state index < -0.39 is 0 Å². The number of nitrogens with zero attached hydrogens (tertiary/aromatic N) is 2. The summed E-state index contributed by atoms with van der Waals surface area (Å²) in [4.78, 5) is 9.11. The molecule has 0 saturated carbocycles. The van der Waals surface area contributed by atoms with Crippen LogP contribution in [0.1, 0.15) is 16.8 Å². The van der Waals surface area contributed by atoms with Gasteiger partial charge in [0.1, 0.15) is 12.3 Å². The molecule has 0 aliphatic heterocycles. The minimum atomic E-state index is 0.508. The zero-order valence-electron chi connectivity index (χ0n) is 11.6. The number of hydrogen-bond donors (Lipinski definition) is 0. The molecule has 0 fully saturated rings. The summed E-state index contributed by atoms with van der Waals surface area (Å²) in [6.07, 6.45) is 0. The highest BCUT2D eigenvalue weighted by Crippen LogP contribution is 2.20. The molecule has 100 valence electrons. The van der Waals surface area contributed by atoms with Crippen LogP contribution in [0.5, 0.6) is 5.88 Å². The van der Waals surface area contributed by atoms with Crippen LogP contribution in [0.4, 0.5) is 0 Å². The zero-order chi connectivity index (χ0) is 13.9. The average molecular weight is 264 g/mol. The molecule has 20 heavy (non-hydrogen) atoms. The van der Waals surface area contributed by atoms with Gasteiger partial charge in [0, 0.05) is 0 Å². The van der Waals surface area contributed by atoms with Crippen LogP contribution in [0.15, 0.2) is 48.5 Å². The first kappa shape index (κ1) is 12.6. The molecule has 0 aliphatic carbocycles. The Morgan fingerprint density at radius 2 is 1.70 bits per heavy atom. The van der Waals surface area contributed by atoms with Crippen molar-refractivity contribution in [3.63, 3.8) is 0 Å². The molecule has 0 saturated heterocycles. The molecular formula is C17H16N2O. The first-order chi connectivity index (χ1) is 9.72. The fourth-order valence-corrected chi connectivity index (χ4v) is 2.10. The maximum Gasteiger partial charge on any atom is 0.236 e. The van der Waals surface area contributed by atoms with Crippen LogP contribution in [-0.4, -0.2) is 9.97 Å². The standard InChI is InChI=1S/C17H16N2O/c1-12-8-9-15-16(10-12)18-13(2)17(19-15)20-11-14-6-4-3-5-7-14/h3-10H,11H2,1-2H3. The minimum absolute atomic E-state index is 0.508. The topological polar surface area (TPSA) is 35.0 Å². The van der Waals surface area contributed by atoms with Crippen molar-refractivity contribution in [1.82, 2.24) is 9.97 Å². The van der Waals surface area contributed by atoms with Gasteiger partial charge in [-0.15, -0.1) is 0 Å². The molecule has 0 bridgehead atoms. The second-order valence-corrected chi connectivity index (χ2v) is 4.88. The van der Waals surface area contributed by atoms with E-state index >= 15 is 0 Å². The van der Waals surface area contributed by atoms with Gasteiger partial charge < -0.3 is 4.74 Å². The first-order valence-corrected chi connectivity index (χ1v) is 6.64. The van der Waals surface area contributed by atoms with Crippen LogP contribution in [-0.2, 0) is 6.61 Å². The SMILES string of the molecule is Cc1ccc2nc(OCc3ccccc3)c(C)nc2c1. The lowest BCUT2D eigenvalue weighted by molar-refractivity contribution is 0.291. The lowest BCUT2D eigenvalue weighted by Gasteiger charge is -2.09. The van der Waals surface area contributed by atoms with E-state index in [4.69, 9.17) is 4.74 Å². The van der Waals surface area contributed by atoms with Gasteiger partial charge in [-0.05, 0) is 37.1 Å². The zero-order valence-corrected chi connectivity index (χ0v) is 11.6. The highest BCUT2D eigenvalue weighted by molar-refractivity contribution is 5.75. The van der Waals surface area contributed by atoms with E-state index in [2.05, 4.69) is 16.9 Å². The molecule has 1 heterocycles. The Bertz CT molecular complexity index is 739. The molecule has 0 radical (unpaired) electrons. The van der Waals surface area contributed by atoms with Gasteiger partial charge in [0.2, 0.25) is 5.88 Å². The van der Waals surface area contributed by atoms with Crippen molar-refractivity contribution in [3.05, 3.63) is 65.4 Å². The predicted octanol–water partition coefficient (Wildman–Crippen LogP) is 3.83. The van der Waals surface area contributed by atoms with Gasteiger partial charge >= 0.3 is 0 Å². The summed E-state index contributed by atoms with van der Waals surface area (Å²) >= 11 is 0. The molecule has 3 rings (SSSR count). The summed E-state index contributed by atoms with van der Waals surface area (Å²) in [5.74, 6) is 0.602. The molecule has 0 atom stereocenters. The lowest BCUT2D eigenvalue weighted by atomic mass is 10.2. The van der Waals surface area contributed by atoms with E-state index in [1.165, 1.54) is 5.56 Å². The monoisotopic (exact) mass is 264 g/mol. The summed E-state index contributed by atoms with van der Waals surface area (Å²) in [5.41, 5.74) is 4.90. The second-order valence-electron chi connectivity index (χ2n) is 4.88. The van der Waals surface area contributed by atoms with Crippen molar-refractivity contribution in [1.29, 1.82) is 0 Å². The van der Waals surface area contributed by atoms with E-state index in [0.717, 1.165) is 22.3 Å². The minimum Gasteiger partial charge on any atom is -0.471 e. The van der Waals surface area contributed by atoms with Crippen LogP contribution in [0.25, 0.3) is 11.0 Å². The molecule has 0 unspecified atom stereocenters. The van der Waals surface area contributed by atoms with E-state index in [0.29, 0.717) is 12.5 Å². The van der Waals surface area contributed by atoms with Crippen LogP contribution >= 0.6 is 0 Å². The molecule has 3 aromatic rings. The van der Waals surface area contributed by atoms with Gasteiger partial charge in [-0.2, -0.15) is 0 Å². The molecule has 3 nitrogen and oxygen atoms in total. The molecule has 3 heteroatoms. The number of ether oxygens (including phenoxy) is 1. The Morgan fingerprint density at radius 1 is 0.900 bits per heavy atom. The summed E-state index contributed by atoms with van der Waals surface area (Å²) in [5, 5.41) is 0. The quantitative estimate of drug-likeness (QED) is 0.721. The fourth-order valence-electron chi connectivity index (χ4n) is 2.10. The van der Waals surface area contributed by atoms with Crippen molar-refractivity contribution in [2.75, 3.05) is 0 Å². The Hall–Kier alpha value is -2.42. The number of rotatable bonds is 3. The Balaban J connectivity index is 1.88. The predicted molar refractivity (Wildman–Crippen MR) is 79.8 cm³/mol. The number of hydrogen-bond acceptors (Lipinski definition) is 3. The summed E-state index contributed by atoms with van der Waals surface area (Å²) < 4.78 is 5.79. The second kappa shape index (κ2) is 5.29. The molecule has 0 N–H and O–H groups in total. The summed E-state index contributed by atoms with van der Waals surface area (Å²) in [6, 6.07) is 16.1. The fraction of sp³-hybridized carbons (Fsp3) is 0.176. The number of fused-ring (bicyclic) bond motifs is 1. The van der Waals surface area contributed by atoms with Crippen LogP contribution in [0, 0.1) is 13.8 Å². The van der Waals surface area contributed by atoms with Gasteiger partial charge in [-0.3, -0.25) is 0 Å². The summed E-state index contributed by atoms with van der Waals surface area (Å²) in [6.45, 7) is 4.49. The van der Waals surface area contributed by atoms with E-state index in [1.807, 2.05) is 55.5 Å². The molecule has 1 aromatic heterocycles. The van der Waals surface area contributed by atoms with Gasteiger partial charge in [0.05, 0.1) is 11.0 Å². The van der Waals surface area contributed by atoms with Gasteiger partial charge in [-0.25, -0.2) is 9.97 Å². The third-order valence-corrected chi connectivity index (χ3v) is 3.17. The Morgan fingerprint density at radius 3 is 2.50 bits per heavy atom. The number of aryl methyl sites for hydroxylation is 2. The molecule has 2 aromatic carbocycles. The Labute approximate surface area is 118 Å². The molecule has 0 aliphatic rings. The molecule has 0 amide bonds. The van der Waals surface area contributed by atoms with Crippen molar-refractivity contribution < 1.29 is 4.74 Å². The third-order valence-electron chi connectivity index (χ3n) is 3.17. The van der Waals surface area contributed by atoms with Crippen LogP contribution < -0.4 is 4.74 Å². The maximum atomic E-state index is 5.79. The molecule has 0 spiro atoms. The smallest absolute Gasteiger partial charge is 0.236 e. The highest BCUT2D eigenvalue weighted by atomic mass is 16.5. The Kier molecular flexibility index (Phi) is 3.33. The van der Waals surface area contributed by atoms with Crippen molar-refractivity contribution in [2.45, 2.75) is 20.5 Å². The van der Waals surface area contributed by atoms with Gasteiger partial charge in [-0.1, -0.05) is 36.4 Å². The lowest BCUT2D eigenvalue weighted by Crippen LogP contribution is -2.01. The highest BCUT2D eigenvalue weighted by Gasteiger charge is 2.06. The summed E-state index contributed by atoms with van der Waals surface area (Å²) in [7, 11) is 0. The average Bonchev–Trinajstić information content (AvgIpc) is 2.46.